The van der Waals surface area contributed by atoms with Crippen molar-refractivity contribution < 1.29 is 4.39 Å². The maximum atomic E-state index is 13.2. The molecule has 90 valence electrons. The van der Waals surface area contributed by atoms with E-state index in [0.29, 0.717) is 10.3 Å². The Kier molecular flexibility index (Phi) is 2.80. The van der Waals surface area contributed by atoms with Crippen LogP contribution >= 0.6 is 28.1 Å². The molecule has 0 spiro atoms. The lowest BCUT2D eigenvalue weighted by Crippen LogP contribution is -1.93. The molecule has 0 atom stereocenters. The van der Waals surface area contributed by atoms with Gasteiger partial charge >= 0.3 is 0 Å². The number of hydrogen-bond donors (Lipinski definition) is 1. The number of imidazole rings is 1. The summed E-state index contributed by atoms with van der Waals surface area (Å²) in [6, 6.07) is 12.4. The first-order valence-corrected chi connectivity index (χ1v) is 6.51. The van der Waals surface area contributed by atoms with Crippen LogP contribution < -0.4 is 0 Å². The number of nitrogens with one attached hydrogen (secondary N) is 1. The molecule has 3 aromatic rings. The van der Waals surface area contributed by atoms with Crippen molar-refractivity contribution in [3.8, 4) is 5.69 Å². The fourth-order valence-electron chi connectivity index (χ4n) is 1.93. The molecule has 0 aliphatic carbocycles. The Bertz CT molecular complexity index is 774. The second-order valence-corrected chi connectivity index (χ2v) is 5.21. The number of aromatic amines is 1. The SMILES string of the molecule is Fc1ccc2c(c1)[nH]c(=S)n2-c1ccc(Br)cc1. The van der Waals surface area contributed by atoms with Gasteiger partial charge in [0.15, 0.2) is 4.77 Å². The van der Waals surface area contributed by atoms with E-state index in [0.717, 1.165) is 15.7 Å². The number of aromatic nitrogens is 2. The minimum absolute atomic E-state index is 0.276. The van der Waals surface area contributed by atoms with Gasteiger partial charge in [0.1, 0.15) is 5.82 Å². The summed E-state index contributed by atoms with van der Waals surface area (Å²) < 4.78 is 16.6. The molecule has 2 nitrogen and oxygen atoms in total. The van der Waals surface area contributed by atoms with E-state index in [9.17, 15) is 4.39 Å². The molecule has 18 heavy (non-hydrogen) atoms. The fraction of sp³-hybridized carbons (Fsp3) is 0. The van der Waals surface area contributed by atoms with E-state index in [1.165, 1.54) is 12.1 Å². The lowest BCUT2D eigenvalue weighted by Gasteiger charge is -2.04. The van der Waals surface area contributed by atoms with Gasteiger partial charge in [0.2, 0.25) is 0 Å². The van der Waals surface area contributed by atoms with E-state index in [4.69, 9.17) is 12.2 Å². The normalized spacial score (nSPS) is 11.0. The zero-order valence-corrected chi connectivity index (χ0v) is 11.6. The highest BCUT2D eigenvalue weighted by atomic mass is 79.9. The molecule has 0 bridgehead atoms. The number of rotatable bonds is 1. The Balaban J connectivity index is 2.32. The number of hydrogen-bond acceptors (Lipinski definition) is 1. The first-order valence-electron chi connectivity index (χ1n) is 5.31. The average Bonchev–Trinajstić information content (AvgIpc) is 2.65. The highest BCUT2D eigenvalue weighted by Crippen LogP contribution is 2.21. The molecule has 0 saturated heterocycles. The van der Waals surface area contributed by atoms with Crippen molar-refractivity contribution in [1.29, 1.82) is 0 Å². The number of halogens is 2. The van der Waals surface area contributed by atoms with E-state index >= 15 is 0 Å². The van der Waals surface area contributed by atoms with Gasteiger partial charge in [0, 0.05) is 10.2 Å². The number of nitrogens with zero attached hydrogens (tertiary/aromatic N) is 1. The summed E-state index contributed by atoms with van der Waals surface area (Å²) in [5, 5.41) is 0. The van der Waals surface area contributed by atoms with Gasteiger partial charge in [-0.15, -0.1) is 0 Å². The molecule has 5 heteroatoms. The van der Waals surface area contributed by atoms with Crippen molar-refractivity contribution in [3.05, 3.63) is 57.5 Å². The molecular weight excluding hydrogens is 315 g/mol. The molecule has 2 aromatic carbocycles. The van der Waals surface area contributed by atoms with Crippen molar-refractivity contribution in [2.45, 2.75) is 0 Å². The third kappa shape index (κ3) is 1.89. The second kappa shape index (κ2) is 4.33. The van der Waals surface area contributed by atoms with Crippen LogP contribution in [0.3, 0.4) is 0 Å². The summed E-state index contributed by atoms with van der Waals surface area (Å²) in [7, 11) is 0. The Labute approximate surface area is 116 Å². The first-order chi connectivity index (χ1) is 8.65. The molecule has 1 heterocycles. The van der Waals surface area contributed by atoms with Crippen LogP contribution in [0.2, 0.25) is 0 Å². The van der Waals surface area contributed by atoms with Gasteiger partial charge < -0.3 is 4.98 Å². The van der Waals surface area contributed by atoms with Crippen LogP contribution in [-0.2, 0) is 0 Å². The smallest absolute Gasteiger partial charge is 0.182 e. The van der Waals surface area contributed by atoms with Crippen LogP contribution in [0.5, 0.6) is 0 Å². The quantitative estimate of drug-likeness (QED) is 0.650. The topological polar surface area (TPSA) is 20.7 Å². The summed E-state index contributed by atoms with van der Waals surface area (Å²) in [6.07, 6.45) is 0. The molecule has 0 unspecified atom stereocenters. The summed E-state index contributed by atoms with van der Waals surface area (Å²) in [5.74, 6) is -0.276. The lowest BCUT2D eigenvalue weighted by atomic mass is 10.3. The van der Waals surface area contributed by atoms with Gasteiger partial charge in [-0.05, 0) is 54.7 Å². The Morgan fingerprint density at radius 1 is 1.11 bits per heavy atom. The van der Waals surface area contributed by atoms with Crippen molar-refractivity contribution in [1.82, 2.24) is 9.55 Å². The number of H-pyrrole nitrogens is 1. The van der Waals surface area contributed by atoms with Crippen molar-refractivity contribution >= 4 is 39.2 Å². The summed E-state index contributed by atoms with van der Waals surface area (Å²) in [6.45, 7) is 0. The minimum Gasteiger partial charge on any atom is -0.330 e. The fourth-order valence-corrected chi connectivity index (χ4v) is 2.51. The third-order valence-corrected chi connectivity index (χ3v) is 3.54. The van der Waals surface area contributed by atoms with Crippen molar-refractivity contribution in [3.63, 3.8) is 0 Å². The predicted octanol–water partition coefficient (Wildman–Crippen LogP) is 4.59. The Morgan fingerprint density at radius 2 is 1.83 bits per heavy atom. The van der Waals surface area contributed by atoms with Crippen molar-refractivity contribution in [2.24, 2.45) is 0 Å². The van der Waals surface area contributed by atoms with Gasteiger partial charge in [0.05, 0.1) is 11.0 Å². The van der Waals surface area contributed by atoms with Crippen LogP contribution in [0.15, 0.2) is 46.9 Å². The molecule has 3 rings (SSSR count). The molecule has 1 aromatic heterocycles. The van der Waals surface area contributed by atoms with Crippen LogP contribution in [0.1, 0.15) is 0 Å². The lowest BCUT2D eigenvalue weighted by molar-refractivity contribution is 0.629. The monoisotopic (exact) mass is 322 g/mol. The summed E-state index contributed by atoms with van der Waals surface area (Å²) in [4.78, 5) is 3.01. The van der Waals surface area contributed by atoms with E-state index in [1.807, 2.05) is 28.8 Å². The van der Waals surface area contributed by atoms with Crippen LogP contribution in [0.4, 0.5) is 4.39 Å². The molecule has 0 aliphatic heterocycles. The maximum Gasteiger partial charge on any atom is 0.182 e. The molecule has 0 saturated carbocycles. The molecule has 0 amide bonds. The van der Waals surface area contributed by atoms with Crippen LogP contribution in [-0.4, -0.2) is 9.55 Å². The van der Waals surface area contributed by atoms with E-state index < -0.39 is 0 Å². The van der Waals surface area contributed by atoms with Gasteiger partial charge in [-0.2, -0.15) is 0 Å². The van der Waals surface area contributed by atoms with E-state index in [2.05, 4.69) is 20.9 Å². The minimum atomic E-state index is -0.276. The zero-order chi connectivity index (χ0) is 12.7. The standard InChI is InChI=1S/C13H8BrFN2S/c14-8-1-4-10(5-2-8)17-12-6-3-9(15)7-11(12)16-13(17)18/h1-7H,(H,16,18). The molecule has 0 aliphatic rings. The molecule has 1 N–H and O–H groups in total. The summed E-state index contributed by atoms with van der Waals surface area (Å²) >= 11 is 8.68. The van der Waals surface area contributed by atoms with Gasteiger partial charge in [-0.3, -0.25) is 4.57 Å². The Morgan fingerprint density at radius 3 is 2.56 bits per heavy atom. The second-order valence-electron chi connectivity index (χ2n) is 3.90. The molecule has 0 fully saturated rings. The van der Waals surface area contributed by atoms with Crippen molar-refractivity contribution in [2.75, 3.05) is 0 Å². The highest BCUT2D eigenvalue weighted by Gasteiger charge is 2.07. The van der Waals surface area contributed by atoms with Gasteiger partial charge in [-0.25, -0.2) is 4.39 Å². The van der Waals surface area contributed by atoms with Crippen LogP contribution in [0, 0.1) is 10.6 Å². The average molecular weight is 323 g/mol. The zero-order valence-electron chi connectivity index (χ0n) is 9.15. The first kappa shape index (κ1) is 11.6. The molecule has 0 radical (unpaired) electrons. The Hall–Kier alpha value is -1.46. The van der Waals surface area contributed by atoms with Gasteiger partial charge in [-0.1, -0.05) is 15.9 Å². The predicted molar refractivity (Wildman–Crippen MR) is 76.1 cm³/mol. The van der Waals surface area contributed by atoms with E-state index in [-0.39, 0.29) is 5.82 Å². The number of fused-ring (bicyclic) bond motifs is 1. The largest absolute Gasteiger partial charge is 0.330 e. The summed E-state index contributed by atoms with van der Waals surface area (Å²) in [5.41, 5.74) is 2.51. The third-order valence-electron chi connectivity index (χ3n) is 2.73. The highest BCUT2D eigenvalue weighted by molar-refractivity contribution is 9.10. The van der Waals surface area contributed by atoms with Gasteiger partial charge in [0.25, 0.3) is 0 Å². The molecular formula is C13H8BrFN2S. The van der Waals surface area contributed by atoms with E-state index in [1.54, 1.807) is 6.07 Å². The van der Waals surface area contributed by atoms with Crippen LogP contribution in [0.25, 0.3) is 16.7 Å². The maximum absolute atomic E-state index is 13.2. The number of benzene rings is 2.